The molecule has 4 aromatic carbocycles. The third-order valence-electron chi connectivity index (χ3n) is 10.4. The first kappa shape index (κ1) is 37.7. The van der Waals surface area contributed by atoms with Crippen molar-refractivity contribution < 1.29 is 43.7 Å². The van der Waals surface area contributed by atoms with Crippen LogP contribution in [0.4, 0.5) is 17.1 Å². The van der Waals surface area contributed by atoms with Gasteiger partial charge in [-0.1, -0.05) is 37.3 Å². The molecule has 0 spiro atoms. The Hall–Kier alpha value is -4.64. The van der Waals surface area contributed by atoms with Crippen LogP contribution in [0.15, 0.2) is 130 Å². The highest BCUT2D eigenvalue weighted by molar-refractivity contribution is 7.89. The van der Waals surface area contributed by atoms with E-state index in [1.165, 1.54) is 24.3 Å². The molecule has 1 aliphatic carbocycles. The van der Waals surface area contributed by atoms with E-state index in [9.17, 15) is 34.4 Å². The highest BCUT2D eigenvalue weighted by Crippen LogP contribution is 2.50. The van der Waals surface area contributed by atoms with Crippen LogP contribution in [0, 0.1) is 11.8 Å². The molecule has 2 unspecified atom stereocenters. The van der Waals surface area contributed by atoms with Gasteiger partial charge in [0.05, 0.1) is 14.7 Å². The Balaban J connectivity index is 1.33. The molecule has 2 N–H and O–H groups in total. The molecule has 0 saturated carbocycles. The molecule has 0 bridgehead atoms. The average Bonchev–Trinajstić information content (AvgIpc) is 3.15. The second-order valence-electron chi connectivity index (χ2n) is 13.8. The van der Waals surface area contributed by atoms with E-state index in [4.69, 9.17) is 4.74 Å². The number of hydrogen-bond acceptors (Lipinski definition) is 8. The van der Waals surface area contributed by atoms with Gasteiger partial charge in [0.25, 0.3) is 20.2 Å². The fourth-order valence-corrected chi connectivity index (χ4v) is 9.92. The Bertz CT molecular complexity index is 2540. The van der Waals surface area contributed by atoms with Crippen molar-refractivity contribution in [1.29, 1.82) is 0 Å². The number of rotatable bonds is 8. The standard InChI is InChI=1S/C39H39N3O9S3/c1-26-20-22-42(23-21-26)52(43,44)38-7-5-4-6-35(38)39-33-18-12-29(40(2)27-8-14-31(15-9-27)53(45,46)47)24-36(33)51-37-25-30(13-19-34(37)39)41(3)28-10-16-32(17-11-28)54(48,49)50/h4-19,24-26,33,39H,20-23H2,1-3H3,(H-,45,46,47,48,49,50)/p+1. The SMILES string of the molecule is CC1CCN(S(=O)(=O)c2ccccc2C2c3ccc(N(C)c4ccc(S(=O)(=O)O)cc4)cc3OC3=CC(=[N+](C)c4ccc(S(=O)(=O)O)cc4)C=CC32)CC1. The van der Waals surface area contributed by atoms with Crippen molar-refractivity contribution in [3.8, 4) is 5.75 Å². The van der Waals surface area contributed by atoms with Crippen LogP contribution in [0.5, 0.6) is 5.75 Å². The summed E-state index contributed by atoms with van der Waals surface area (Å²) in [6.45, 7) is 3.04. The Kier molecular flexibility index (Phi) is 9.91. The van der Waals surface area contributed by atoms with Gasteiger partial charge in [0.1, 0.15) is 18.6 Å². The highest BCUT2D eigenvalue weighted by atomic mass is 32.2. The highest BCUT2D eigenvalue weighted by Gasteiger charge is 2.41. The molecule has 2 aliphatic heterocycles. The smallest absolute Gasteiger partial charge is 0.294 e. The maximum atomic E-state index is 14.3. The van der Waals surface area contributed by atoms with Crippen LogP contribution < -0.4 is 9.64 Å². The molecule has 0 radical (unpaired) electrons. The number of benzene rings is 4. The Labute approximate surface area is 315 Å². The molecule has 1 saturated heterocycles. The molecule has 3 aliphatic rings. The van der Waals surface area contributed by atoms with Crippen molar-refractivity contribution in [2.24, 2.45) is 11.8 Å². The third-order valence-corrected chi connectivity index (χ3v) is 14.2. The van der Waals surface area contributed by atoms with Crippen LogP contribution in [0.25, 0.3) is 0 Å². The summed E-state index contributed by atoms with van der Waals surface area (Å²) in [5, 5.41) is 0. The molecule has 2 atom stereocenters. The van der Waals surface area contributed by atoms with E-state index in [1.807, 2.05) is 72.1 Å². The maximum Gasteiger partial charge on any atom is 0.294 e. The fraction of sp³-hybridized carbons (Fsp3) is 0.256. The van der Waals surface area contributed by atoms with Gasteiger partial charge < -0.3 is 9.64 Å². The summed E-state index contributed by atoms with van der Waals surface area (Å²) >= 11 is 0. The Morgan fingerprint density at radius 2 is 1.37 bits per heavy atom. The second-order valence-corrected chi connectivity index (χ2v) is 18.6. The van der Waals surface area contributed by atoms with Gasteiger partial charge in [0, 0.05) is 79.3 Å². The minimum atomic E-state index is -4.36. The summed E-state index contributed by atoms with van der Waals surface area (Å²) in [5.41, 5.74) is 4.16. The van der Waals surface area contributed by atoms with E-state index in [1.54, 1.807) is 40.7 Å². The monoisotopic (exact) mass is 790 g/mol. The maximum absolute atomic E-state index is 14.3. The predicted molar refractivity (Wildman–Crippen MR) is 205 cm³/mol. The number of hydrogen-bond donors (Lipinski definition) is 2. The zero-order chi connectivity index (χ0) is 38.6. The molecule has 1 fully saturated rings. The van der Waals surface area contributed by atoms with Gasteiger partial charge in [0.15, 0.2) is 0 Å². The first-order chi connectivity index (χ1) is 25.5. The molecule has 2 heterocycles. The van der Waals surface area contributed by atoms with Crippen molar-refractivity contribution in [3.05, 3.63) is 126 Å². The number of ether oxygens (including phenoxy) is 1. The number of nitrogens with zero attached hydrogens (tertiary/aromatic N) is 3. The second kappa shape index (κ2) is 14.2. The lowest BCUT2D eigenvalue weighted by molar-refractivity contribution is -0.403. The van der Waals surface area contributed by atoms with E-state index in [-0.39, 0.29) is 20.6 Å². The minimum absolute atomic E-state index is 0.222. The van der Waals surface area contributed by atoms with E-state index >= 15 is 0 Å². The number of allylic oxidation sites excluding steroid dienone is 3. The predicted octanol–water partition coefficient (Wildman–Crippen LogP) is 6.38. The first-order valence-electron chi connectivity index (χ1n) is 17.3. The van der Waals surface area contributed by atoms with Crippen LogP contribution in [0.1, 0.15) is 36.8 Å². The Morgan fingerprint density at radius 3 is 2.00 bits per heavy atom. The number of anilines is 2. The molecule has 54 heavy (non-hydrogen) atoms. The summed E-state index contributed by atoms with van der Waals surface area (Å²) in [6, 6.07) is 24.4. The van der Waals surface area contributed by atoms with Gasteiger partial charge in [-0.25, -0.2) is 8.42 Å². The largest absolute Gasteiger partial charge is 0.460 e. The van der Waals surface area contributed by atoms with E-state index in [0.29, 0.717) is 53.1 Å². The summed E-state index contributed by atoms with van der Waals surface area (Å²) in [6.07, 6.45) is 7.38. The molecule has 282 valence electrons. The lowest BCUT2D eigenvalue weighted by Gasteiger charge is -2.37. The number of sulfonamides is 1. The topological polar surface area (TPSA) is 162 Å². The fourth-order valence-electron chi connectivity index (χ4n) is 7.25. The molecule has 7 rings (SSSR count). The lowest BCUT2D eigenvalue weighted by atomic mass is 9.75. The van der Waals surface area contributed by atoms with E-state index in [2.05, 4.69) is 6.92 Å². The van der Waals surface area contributed by atoms with Crippen LogP contribution in [-0.4, -0.2) is 76.1 Å². The van der Waals surface area contributed by atoms with Crippen LogP contribution >= 0.6 is 0 Å². The summed E-state index contributed by atoms with van der Waals surface area (Å²) < 4.78 is 104. The quantitative estimate of drug-likeness (QED) is 0.151. The minimum Gasteiger partial charge on any atom is -0.460 e. The normalized spacial score (nSPS) is 20.4. The molecule has 0 amide bonds. The zero-order valence-corrected chi connectivity index (χ0v) is 32.2. The van der Waals surface area contributed by atoms with Crippen molar-refractivity contribution in [1.82, 2.24) is 4.31 Å². The van der Waals surface area contributed by atoms with Crippen LogP contribution in [0.3, 0.4) is 0 Å². The van der Waals surface area contributed by atoms with Crippen molar-refractivity contribution in [2.45, 2.75) is 40.4 Å². The molecular formula is C39H40N3O9S3+. The summed E-state index contributed by atoms with van der Waals surface area (Å²) in [5.74, 6) is 0.690. The summed E-state index contributed by atoms with van der Waals surface area (Å²) in [7, 11) is -8.94. The van der Waals surface area contributed by atoms with Gasteiger partial charge in [-0.2, -0.15) is 25.7 Å². The third kappa shape index (κ3) is 7.27. The first-order valence-corrected chi connectivity index (χ1v) is 21.6. The van der Waals surface area contributed by atoms with E-state index < -0.39 is 36.2 Å². The average molecular weight is 791 g/mol. The van der Waals surface area contributed by atoms with Crippen LogP contribution in [-0.2, 0) is 30.3 Å². The van der Waals surface area contributed by atoms with Crippen molar-refractivity contribution in [3.63, 3.8) is 0 Å². The number of fused-ring (bicyclic) bond motifs is 2. The Morgan fingerprint density at radius 1 is 0.778 bits per heavy atom. The van der Waals surface area contributed by atoms with Crippen LogP contribution in [0.2, 0.25) is 0 Å². The lowest BCUT2D eigenvalue weighted by Crippen LogP contribution is -2.38. The summed E-state index contributed by atoms with van der Waals surface area (Å²) in [4.78, 5) is 1.64. The molecule has 12 nitrogen and oxygen atoms in total. The molecule has 0 aromatic heterocycles. The molecule has 15 heteroatoms. The van der Waals surface area contributed by atoms with Gasteiger partial charge in [-0.05, 0) is 72.9 Å². The molecular weight excluding hydrogens is 751 g/mol. The number of piperidine rings is 1. The van der Waals surface area contributed by atoms with Gasteiger partial charge in [-0.15, -0.1) is 0 Å². The van der Waals surface area contributed by atoms with Crippen molar-refractivity contribution >= 4 is 53.0 Å². The van der Waals surface area contributed by atoms with Gasteiger partial charge in [-0.3, -0.25) is 9.11 Å². The van der Waals surface area contributed by atoms with E-state index in [0.717, 1.165) is 24.1 Å². The molecule has 4 aromatic rings. The van der Waals surface area contributed by atoms with Gasteiger partial charge >= 0.3 is 0 Å². The van der Waals surface area contributed by atoms with Crippen molar-refractivity contribution in [2.75, 3.05) is 32.1 Å². The zero-order valence-electron chi connectivity index (χ0n) is 29.8. The van der Waals surface area contributed by atoms with Gasteiger partial charge in [0.2, 0.25) is 21.4 Å².